The molecule has 1 aromatic rings. The van der Waals surface area contributed by atoms with Crippen LogP contribution < -0.4 is 34.7 Å². The Morgan fingerprint density at radius 2 is 1.59 bits per heavy atom. The first-order chi connectivity index (χ1) is 28.4. The van der Waals surface area contributed by atoms with Gasteiger partial charge in [0.15, 0.2) is 5.79 Å². The first-order valence-corrected chi connectivity index (χ1v) is 23.2. The van der Waals surface area contributed by atoms with Crippen molar-refractivity contribution in [3.05, 3.63) is 48.0 Å². The number of carboxylic acid groups (broad SMARTS) is 1. The Balaban J connectivity index is 0.00000704. The van der Waals surface area contributed by atoms with E-state index < -0.39 is 82.9 Å². The first kappa shape index (κ1) is 50.8. The SMILES string of the molecule is CC[C@@H](C(=O)[C@@H](C)[C@@H](O)[C@H](C)[C@@H]1O[C@@H]([C@@H](CC)C(=O)[O-])CC[C@@H]1C)[C@H]1O[C@@]2(C=C[C@@H](OCc3ccccc3)[C@@]3(CC[C@@](C)([C@H]4CC[C@](O)(CC)[C@H](C)O4)O3)O2)[C@H](C)C[C@@H]1C.[Na+]. The summed E-state index contributed by atoms with van der Waals surface area (Å²) in [5, 5.41) is 35.0. The number of aliphatic hydroxyl groups is 2. The van der Waals surface area contributed by atoms with Crippen molar-refractivity contribution in [3.63, 3.8) is 0 Å². The maximum absolute atomic E-state index is 14.7. The minimum absolute atomic E-state index is 0. The summed E-state index contributed by atoms with van der Waals surface area (Å²) >= 11 is 0. The van der Waals surface area contributed by atoms with Crippen molar-refractivity contribution >= 4 is 11.8 Å². The molecule has 4 saturated heterocycles. The summed E-state index contributed by atoms with van der Waals surface area (Å²) in [5.74, 6) is -5.96. The molecule has 0 radical (unpaired) electrons. The van der Waals surface area contributed by atoms with Gasteiger partial charge in [-0.3, -0.25) is 4.79 Å². The number of rotatable bonds is 15. The van der Waals surface area contributed by atoms with E-state index >= 15 is 0 Å². The van der Waals surface area contributed by atoms with Gasteiger partial charge in [-0.1, -0.05) is 85.7 Å². The summed E-state index contributed by atoms with van der Waals surface area (Å²) in [4.78, 5) is 26.6. The van der Waals surface area contributed by atoms with E-state index in [1.165, 1.54) is 0 Å². The molecule has 0 unspecified atom stereocenters. The fourth-order valence-electron chi connectivity index (χ4n) is 11.4. The molecule has 338 valence electrons. The topological polar surface area (TPSA) is 153 Å². The molecule has 0 saturated carbocycles. The maximum atomic E-state index is 14.7. The third-order valence-electron chi connectivity index (χ3n) is 15.7. The largest absolute Gasteiger partial charge is 1.00 e. The van der Waals surface area contributed by atoms with E-state index in [4.69, 9.17) is 28.4 Å². The van der Waals surface area contributed by atoms with Gasteiger partial charge in [0.05, 0.1) is 54.4 Å². The van der Waals surface area contributed by atoms with Crippen LogP contribution in [0.3, 0.4) is 0 Å². The van der Waals surface area contributed by atoms with Crippen LogP contribution in [0.4, 0.5) is 0 Å². The zero-order valence-corrected chi connectivity index (χ0v) is 41.0. The summed E-state index contributed by atoms with van der Waals surface area (Å²) < 4.78 is 41.4. The van der Waals surface area contributed by atoms with Gasteiger partial charge in [0, 0.05) is 42.0 Å². The summed E-state index contributed by atoms with van der Waals surface area (Å²) in [6, 6.07) is 10.0. The van der Waals surface area contributed by atoms with Crippen LogP contribution in [-0.2, 0) is 44.6 Å². The number of Topliss-reactive ketones (excluding diaryl/α,β-unsaturated/α-hetero) is 1. The Labute approximate surface area is 387 Å². The third kappa shape index (κ3) is 10.3. The number of carbonyl (C=O) groups is 2. The molecule has 11 nitrogen and oxygen atoms in total. The van der Waals surface area contributed by atoms with Crippen LogP contribution in [0.1, 0.15) is 139 Å². The fraction of sp³-hybridized carbons (Fsp3) is 0.796. The number of ether oxygens (including phenoxy) is 6. The van der Waals surface area contributed by atoms with Crippen LogP contribution in [0.25, 0.3) is 0 Å². The zero-order chi connectivity index (χ0) is 43.8. The molecule has 2 N–H and O–H groups in total. The molecule has 12 heteroatoms. The second kappa shape index (κ2) is 20.5. The van der Waals surface area contributed by atoms with Gasteiger partial charge in [-0.25, -0.2) is 0 Å². The number of carbonyl (C=O) groups excluding carboxylic acids is 2. The first-order valence-electron chi connectivity index (χ1n) is 23.2. The number of carboxylic acids is 1. The molecule has 4 fully saturated rings. The predicted octanol–water partition coefficient (Wildman–Crippen LogP) is 4.08. The molecule has 5 heterocycles. The van der Waals surface area contributed by atoms with Crippen molar-refractivity contribution in [1.82, 2.24) is 0 Å². The average Bonchev–Trinajstić information content (AvgIpc) is 3.57. The summed E-state index contributed by atoms with van der Waals surface area (Å²) in [6.45, 7) is 20.2. The van der Waals surface area contributed by atoms with Crippen molar-refractivity contribution in [1.29, 1.82) is 0 Å². The Hall–Kier alpha value is -1.22. The predicted molar refractivity (Wildman–Crippen MR) is 225 cm³/mol. The molecule has 5 aliphatic heterocycles. The monoisotopic (exact) mass is 863 g/mol. The molecule has 1 aromatic carbocycles. The molecular weight excluding hydrogens is 788 g/mol. The van der Waals surface area contributed by atoms with Crippen LogP contribution in [0.5, 0.6) is 0 Å². The van der Waals surface area contributed by atoms with Crippen LogP contribution in [-0.4, -0.2) is 87.5 Å². The van der Waals surface area contributed by atoms with Gasteiger partial charge in [-0.2, -0.15) is 0 Å². The van der Waals surface area contributed by atoms with Gasteiger partial charge in [0.25, 0.3) is 0 Å². The van der Waals surface area contributed by atoms with Crippen molar-refractivity contribution in [2.45, 2.75) is 206 Å². The molecular formula is C49H75NaO11. The van der Waals surface area contributed by atoms with Crippen LogP contribution in [0, 0.1) is 41.4 Å². The number of aliphatic carboxylic acids is 1. The van der Waals surface area contributed by atoms with Crippen molar-refractivity contribution in [3.8, 4) is 0 Å². The summed E-state index contributed by atoms with van der Waals surface area (Å²) in [5.41, 5.74) is -0.568. The number of hydrogen-bond acceptors (Lipinski definition) is 11. The van der Waals surface area contributed by atoms with E-state index in [-0.39, 0.29) is 65.3 Å². The van der Waals surface area contributed by atoms with E-state index in [9.17, 15) is 24.9 Å². The van der Waals surface area contributed by atoms with E-state index in [0.717, 1.165) is 18.4 Å². The van der Waals surface area contributed by atoms with Gasteiger partial charge in [-0.05, 0) is 101 Å². The summed E-state index contributed by atoms with van der Waals surface area (Å²) in [7, 11) is 0. The molecule has 0 bridgehead atoms. The molecule has 6 rings (SSSR count). The fourth-order valence-corrected chi connectivity index (χ4v) is 11.4. The molecule has 5 aliphatic rings. The molecule has 0 amide bonds. The second-order valence-electron chi connectivity index (χ2n) is 19.7. The molecule has 0 aromatic heterocycles. The number of benzene rings is 1. The Kier molecular flexibility index (Phi) is 17.1. The van der Waals surface area contributed by atoms with Crippen molar-refractivity contribution < 1.29 is 82.9 Å². The third-order valence-corrected chi connectivity index (χ3v) is 15.7. The zero-order valence-electron chi connectivity index (χ0n) is 39.0. The normalized spacial score (nSPS) is 41.4. The minimum atomic E-state index is -1.21. The van der Waals surface area contributed by atoms with Crippen LogP contribution in [0.2, 0.25) is 0 Å². The summed E-state index contributed by atoms with van der Waals surface area (Å²) in [6.07, 6.45) is 6.54. The molecule has 0 aliphatic carbocycles. The molecule has 2 spiro atoms. The minimum Gasteiger partial charge on any atom is -0.550 e. The van der Waals surface area contributed by atoms with Gasteiger partial charge >= 0.3 is 29.6 Å². The Morgan fingerprint density at radius 3 is 2.21 bits per heavy atom. The second-order valence-corrected chi connectivity index (χ2v) is 19.7. The Morgan fingerprint density at radius 1 is 0.902 bits per heavy atom. The van der Waals surface area contributed by atoms with E-state index in [1.54, 1.807) is 6.92 Å². The molecule has 61 heavy (non-hydrogen) atoms. The average molecular weight is 863 g/mol. The van der Waals surface area contributed by atoms with E-state index in [0.29, 0.717) is 58.0 Å². The number of ketones is 1. The Bertz CT molecular complexity index is 1640. The van der Waals surface area contributed by atoms with E-state index in [1.807, 2.05) is 77.1 Å². The van der Waals surface area contributed by atoms with Gasteiger partial charge in [0.2, 0.25) is 5.79 Å². The molecule has 18 atom stereocenters. The van der Waals surface area contributed by atoms with Crippen molar-refractivity contribution in [2.24, 2.45) is 41.4 Å². The van der Waals surface area contributed by atoms with Crippen molar-refractivity contribution in [2.75, 3.05) is 0 Å². The van der Waals surface area contributed by atoms with Gasteiger partial charge in [-0.15, -0.1) is 0 Å². The number of hydrogen-bond donors (Lipinski definition) is 2. The standard InChI is InChI=1S/C49H76O11.Na/c1-11-36(45(52)53)38-20-19-29(4)43(57-38)33(8)41(50)32(7)42(51)37(12-2)44-30(5)27-31(6)48(58-44)24-22-40(55-28-35-17-15-14-16-18-35)49(60-48)26-25-46(10,59-49)39-21-23-47(54,13-3)34(9)56-39;/h14-18,22,24,29-34,36-41,43-44,50,54H,11-13,19-21,23,25-28H2,1-10H3,(H,52,53);/q;+1/p-1/t29-,30-,31+,32-,33-,34-,36+,37-,38+,39+,40+,41+,43+,44-,46-,47+,48+,49+;/m0./s1. The number of aliphatic hydroxyl groups excluding tert-OH is 1. The maximum Gasteiger partial charge on any atom is 1.00 e. The van der Waals surface area contributed by atoms with Crippen LogP contribution in [0.15, 0.2) is 42.5 Å². The van der Waals surface area contributed by atoms with Crippen LogP contribution >= 0.6 is 0 Å². The van der Waals surface area contributed by atoms with Gasteiger partial charge < -0.3 is 48.5 Å². The van der Waals surface area contributed by atoms with Gasteiger partial charge in [0.1, 0.15) is 11.9 Å². The smallest absolute Gasteiger partial charge is 0.550 e. The quantitative estimate of drug-likeness (QED) is 0.194. The van der Waals surface area contributed by atoms with E-state index in [2.05, 4.69) is 27.7 Å².